The van der Waals surface area contributed by atoms with Crippen LogP contribution in [0.5, 0.6) is 0 Å². The standard InChI is InChI=1S/C13H20O2/c1-7(2)11-6-10(14)12-8(3)5-9(4)13(12)15-11/h7,10-11,14H,5-6H2,1-4H3/t10?,11-/m0/s1. The van der Waals surface area contributed by atoms with Gasteiger partial charge in [-0.05, 0) is 31.8 Å². The lowest BCUT2D eigenvalue weighted by atomic mass is 9.92. The molecule has 1 unspecified atom stereocenters. The van der Waals surface area contributed by atoms with Gasteiger partial charge in [-0.1, -0.05) is 19.4 Å². The quantitative estimate of drug-likeness (QED) is 0.718. The van der Waals surface area contributed by atoms with E-state index in [9.17, 15) is 5.11 Å². The third kappa shape index (κ3) is 1.71. The first-order valence-corrected chi connectivity index (χ1v) is 5.75. The molecule has 1 fully saturated rings. The van der Waals surface area contributed by atoms with Gasteiger partial charge in [0.1, 0.15) is 11.9 Å². The third-order valence-corrected chi connectivity index (χ3v) is 3.42. The molecule has 2 heteroatoms. The van der Waals surface area contributed by atoms with Crippen LogP contribution in [0.2, 0.25) is 0 Å². The van der Waals surface area contributed by atoms with Gasteiger partial charge >= 0.3 is 0 Å². The molecule has 0 radical (unpaired) electrons. The topological polar surface area (TPSA) is 29.5 Å². The smallest absolute Gasteiger partial charge is 0.124 e. The van der Waals surface area contributed by atoms with E-state index in [1.807, 2.05) is 0 Å². The Bertz CT molecular complexity index is 336. The lowest BCUT2D eigenvalue weighted by molar-refractivity contribution is 0.00825. The number of aliphatic hydroxyl groups excluding tert-OH is 1. The number of fused-ring (bicyclic) bond motifs is 1. The average Bonchev–Trinajstić information content (AvgIpc) is 2.42. The maximum atomic E-state index is 10.1. The predicted molar refractivity (Wildman–Crippen MR) is 60.4 cm³/mol. The molecule has 2 atom stereocenters. The van der Waals surface area contributed by atoms with Crippen molar-refractivity contribution in [3.8, 4) is 0 Å². The Labute approximate surface area is 91.6 Å². The van der Waals surface area contributed by atoms with Crippen LogP contribution in [0.25, 0.3) is 0 Å². The molecule has 0 aromatic rings. The van der Waals surface area contributed by atoms with E-state index < -0.39 is 0 Å². The molecule has 0 spiro atoms. The van der Waals surface area contributed by atoms with Crippen molar-refractivity contribution in [3.05, 3.63) is 22.5 Å². The Morgan fingerprint density at radius 1 is 1.27 bits per heavy atom. The number of rotatable bonds is 1. The highest BCUT2D eigenvalue weighted by Gasteiger charge is 2.36. The van der Waals surface area contributed by atoms with Gasteiger partial charge in [-0.25, -0.2) is 0 Å². The molecular formula is C13H20O2. The molecule has 0 aromatic carbocycles. The van der Waals surface area contributed by atoms with Gasteiger partial charge in [0.25, 0.3) is 0 Å². The minimum absolute atomic E-state index is 0.166. The largest absolute Gasteiger partial charge is 0.490 e. The van der Waals surface area contributed by atoms with Gasteiger partial charge in [0, 0.05) is 12.0 Å². The van der Waals surface area contributed by atoms with Gasteiger partial charge in [0.2, 0.25) is 0 Å². The summed E-state index contributed by atoms with van der Waals surface area (Å²) in [5, 5.41) is 10.1. The van der Waals surface area contributed by atoms with Crippen molar-refractivity contribution in [2.75, 3.05) is 0 Å². The maximum Gasteiger partial charge on any atom is 0.124 e. The molecule has 1 N–H and O–H groups in total. The van der Waals surface area contributed by atoms with Gasteiger partial charge < -0.3 is 9.84 Å². The maximum absolute atomic E-state index is 10.1. The van der Waals surface area contributed by atoms with Crippen LogP contribution in [0.1, 0.15) is 40.5 Å². The van der Waals surface area contributed by atoms with E-state index in [4.69, 9.17) is 4.74 Å². The van der Waals surface area contributed by atoms with Crippen molar-refractivity contribution in [2.24, 2.45) is 5.92 Å². The molecule has 2 nitrogen and oxygen atoms in total. The predicted octanol–water partition coefficient (Wildman–Crippen LogP) is 2.79. The summed E-state index contributed by atoms with van der Waals surface area (Å²) >= 11 is 0. The fourth-order valence-corrected chi connectivity index (χ4v) is 2.54. The number of aliphatic hydroxyl groups is 1. The van der Waals surface area contributed by atoms with Crippen LogP contribution in [0, 0.1) is 5.92 Å². The lowest BCUT2D eigenvalue weighted by Gasteiger charge is -2.33. The molecule has 2 rings (SSSR count). The number of allylic oxidation sites excluding steroid dienone is 2. The van der Waals surface area contributed by atoms with E-state index in [1.54, 1.807) is 0 Å². The first kappa shape index (κ1) is 10.7. The Morgan fingerprint density at radius 3 is 2.53 bits per heavy atom. The van der Waals surface area contributed by atoms with Gasteiger partial charge in [-0.2, -0.15) is 0 Å². The summed E-state index contributed by atoms with van der Waals surface area (Å²) in [7, 11) is 0. The summed E-state index contributed by atoms with van der Waals surface area (Å²) in [6.45, 7) is 8.48. The Hall–Kier alpha value is -0.760. The third-order valence-electron chi connectivity index (χ3n) is 3.42. The zero-order valence-electron chi connectivity index (χ0n) is 10.0. The van der Waals surface area contributed by atoms with Crippen LogP contribution < -0.4 is 0 Å². The molecule has 0 bridgehead atoms. The molecule has 0 aromatic heterocycles. The average molecular weight is 208 g/mol. The van der Waals surface area contributed by atoms with E-state index in [0.29, 0.717) is 5.92 Å². The van der Waals surface area contributed by atoms with E-state index in [0.717, 1.165) is 24.2 Å². The minimum atomic E-state index is -0.321. The van der Waals surface area contributed by atoms with Crippen molar-refractivity contribution in [1.82, 2.24) is 0 Å². The zero-order valence-corrected chi connectivity index (χ0v) is 10.0. The molecule has 0 saturated carbocycles. The second-order valence-electron chi connectivity index (χ2n) is 5.13. The normalized spacial score (nSPS) is 31.1. The fraction of sp³-hybridized carbons (Fsp3) is 0.692. The number of hydrogen-bond acceptors (Lipinski definition) is 2. The van der Waals surface area contributed by atoms with Crippen LogP contribution in [0.4, 0.5) is 0 Å². The van der Waals surface area contributed by atoms with Crippen molar-refractivity contribution in [1.29, 1.82) is 0 Å². The van der Waals surface area contributed by atoms with E-state index >= 15 is 0 Å². The van der Waals surface area contributed by atoms with Crippen LogP contribution >= 0.6 is 0 Å². The fourth-order valence-electron chi connectivity index (χ4n) is 2.54. The molecule has 15 heavy (non-hydrogen) atoms. The molecule has 1 saturated heterocycles. The van der Waals surface area contributed by atoms with E-state index in [1.165, 1.54) is 11.1 Å². The van der Waals surface area contributed by atoms with Gasteiger partial charge in [0.15, 0.2) is 0 Å². The van der Waals surface area contributed by atoms with Crippen LogP contribution in [-0.2, 0) is 4.74 Å². The van der Waals surface area contributed by atoms with Gasteiger partial charge in [0.05, 0.1) is 6.10 Å². The molecule has 1 heterocycles. The van der Waals surface area contributed by atoms with Crippen LogP contribution in [0.15, 0.2) is 22.5 Å². The SMILES string of the molecule is CC1=C2O[C@H](C(C)C)CC(O)C2=C(C)C1. The van der Waals surface area contributed by atoms with E-state index in [2.05, 4.69) is 27.7 Å². The zero-order chi connectivity index (χ0) is 11.2. The first-order chi connectivity index (χ1) is 7.00. The molecule has 1 aliphatic heterocycles. The Balaban J connectivity index is 2.30. The number of hydrogen-bond donors (Lipinski definition) is 1. The minimum Gasteiger partial charge on any atom is -0.490 e. The van der Waals surface area contributed by atoms with Crippen molar-refractivity contribution in [2.45, 2.75) is 52.7 Å². The number of ether oxygens (including phenoxy) is 1. The van der Waals surface area contributed by atoms with Crippen molar-refractivity contribution in [3.63, 3.8) is 0 Å². The Kier molecular flexibility index (Phi) is 2.63. The summed E-state index contributed by atoms with van der Waals surface area (Å²) in [5.41, 5.74) is 3.61. The summed E-state index contributed by atoms with van der Waals surface area (Å²) in [5.74, 6) is 1.44. The van der Waals surface area contributed by atoms with Gasteiger partial charge in [-0.15, -0.1) is 0 Å². The molecule has 2 aliphatic rings. The highest BCUT2D eigenvalue weighted by atomic mass is 16.5. The first-order valence-electron chi connectivity index (χ1n) is 5.75. The second-order valence-corrected chi connectivity index (χ2v) is 5.13. The highest BCUT2D eigenvalue weighted by Crippen LogP contribution is 2.41. The van der Waals surface area contributed by atoms with Gasteiger partial charge in [-0.3, -0.25) is 0 Å². The van der Waals surface area contributed by atoms with Crippen molar-refractivity contribution >= 4 is 0 Å². The van der Waals surface area contributed by atoms with E-state index in [-0.39, 0.29) is 12.2 Å². The molecule has 84 valence electrons. The molecule has 1 aliphatic carbocycles. The second kappa shape index (κ2) is 3.67. The lowest BCUT2D eigenvalue weighted by Crippen LogP contribution is -2.33. The summed E-state index contributed by atoms with van der Waals surface area (Å²) in [6.07, 6.45) is 1.55. The Morgan fingerprint density at radius 2 is 1.93 bits per heavy atom. The molecular weight excluding hydrogens is 188 g/mol. The summed E-state index contributed by atoms with van der Waals surface area (Å²) < 4.78 is 5.99. The van der Waals surface area contributed by atoms with Crippen molar-refractivity contribution < 1.29 is 9.84 Å². The summed E-state index contributed by atoms with van der Waals surface area (Å²) in [6, 6.07) is 0. The summed E-state index contributed by atoms with van der Waals surface area (Å²) in [4.78, 5) is 0. The monoisotopic (exact) mass is 208 g/mol. The highest BCUT2D eigenvalue weighted by molar-refractivity contribution is 5.46. The van der Waals surface area contributed by atoms with Crippen LogP contribution in [-0.4, -0.2) is 17.3 Å². The molecule has 0 amide bonds. The van der Waals surface area contributed by atoms with Crippen LogP contribution in [0.3, 0.4) is 0 Å².